The summed E-state index contributed by atoms with van der Waals surface area (Å²) in [5, 5.41) is 5.43. The van der Waals surface area contributed by atoms with Crippen LogP contribution in [0.1, 0.15) is 12.0 Å². The number of hydrogen-bond acceptors (Lipinski definition) is 3. The standard InChI is InChI=1S/C19H17ClF2N2O3/c1-9-6-15(16(27-2)8-12(9)20)23-18(25)10-7-11(10)19(26)24-17-13(21)4-3-5-14(17)22/h3-6,8,10-11H,7H2,1-2H3,(H,23,25)(H,24,26). The highest BCUT2D eigenvalue weighted by Gasteiger charge is 2.48. The summed E-state index contributed by atoms with van der Waals surface area (Å²) in [6, 6.07) is 6.56. The van der Waals surface area contributed by atoms with Crippen LogP contribution >= 0.6 is 11.6 Å². The van der Waals surface area contributed by atoms with Gasteiger partial charge in [0.25, 0.3) is 0 Å². The largest absolute Gasteiger partial charge is 0.495 e. The van der Waals surface area contributed by atoms with Crippen molar-refractivity contribution in [2.24, 2.45) is 11.8 Å². The fourth-order valence-corrected chi connectivity index (χ4v) is 2.92. The lowest BCUT2D eigenvalue weighted by Crippen LogP contribution is -2.21. The highest BCUT2D eigenvalue weighted by molar-refractivity contribution is 6.31. The number of para-hydroxylation sites is 1. The van der Waals surface area contributed by atoms with Crippen molar-refractivity contribution < 1.29 is 23.1 Å². The Bertz CT molecular complexity index is 900. The molecule has 142 valence electrons. The van der Waals surface area contributed by atoms with Crippen LogP contribution in [0.2, 0.25) is 5.02 Å². The number of methoxy groups -OCH3 is 1. The molecule has 8 heteroatoms. The molecule has 2 unspecified atom stereocenters. The van der Waals surface area contributed by atoms with Gasteiger partial charge >= 0.3 is 0 Å². The van der Waals surface area contributed by atoms with Gasteiger partial charge in [0.2, 0.25) is 11.8 Å². The number of hydrogen-bond donors (Lipinski definition) is 2. The van der Waals surface area contributed by atoms with Gasteiger partial charge in [-0.05, 0) is 37.1 Å². The molecule has 0 spiro atoms. The van der Waals surface area contributed by atoms with Gasteiger partial charge in [-0.15, -0.1) is 0 Å². The van der Waals surface area contributed by atoms with E-state index in [2.05, 4.69) is 10.6 Å². The van der Waals surface area contributed by atoms with Crippen LogP contribution in [0.3, 0.4) is 0 Å². The first-order valence-corrected chi connectivity index (χ1v) is 8.59. The van der Waals surface area contributed by atoms with E-state index in [1.807, 2.05) is 0 Å². The third-order valence-electron chi connectivity index (χ3n) is 4.41. The minimum absolute atomic E-state index is 0.294. The van der Waals surface area contributed by atoms with Gasteiger partial charge in [0, 0.05) is 11.1 Å². The Balaban J connectivity index is 1.66. The van der Waals surface area contributed by atoms with Gasteiger partial charge in [0.1, 0.15) is 23.1 Å². The maximum atomic E-state index is 13.6. The minimum atomic E-state index is -0.869. The normalized spacial score (nSPS) is 18.0. The molecular formula is C19H17ClF2N2O3. The number of carbonyl (C=O) groups is 2. The lowest BCUT2D eigenvalue weighted by atomic mass is 10.2. The third kappa shape index (κ3) is 4.03. The van der Waals surface area contributed by atoms with Crippen LogP contribution in [-0.2, 0) is 9.59 Å². The van der Waals surface area contributed by atoms with E-state index in [9.17, 15) is 18.4 Å². The Morgan fingerprint density at radius 1 is 1.11 bits per heavy atom. The lowest BCUT2D eigenvalue weighted by molar-refractivity contribution is -0.122. The molecule has 0 radical (unpaired) electrons. The Hall–Kier alpha value is -2.67. The molecule has 2 aromatic carbocycles. The molecule has 5 nitrogen and oxygen atoms in total. The van der Waals surface area contributed by atoms with Gasteiger partial charge in [-0.1, -0.05) is 17.7 Å². The predicted molar refractivity (Wildman–Crippen MR) is 98.0 cm³/mol. The Morgan fingerprint density at radius 3 is 2.30 bits per heavy atom. The summed E-state index contributed by atoms with van der Waals surface area (Å²) in [5.74, 6) is -3.54. The first-order chi connectivity index (χ1) is 12.8. The first-order valence-electron chi connectivity index (χ1n) is 8.21. The van der Waals surface area contributed by atoms with E-state index in [-0.39, 0.29) is 5.91 Å². The number of nitrogens with one attached hydrogen (secondary N) is 2. The van der Waals surface area contributed by atoms with Gasteiger partial charge in [0.15, 0.2) is 0 Å². The van der Waals surface area contributed by atoms with Gasteiger partial charge in [0.05, 0.1) is 24.6 Å². The Labute approximate surface area is 159 Å². The zero-order valence-corrected chi connectivity index (χ0v) is 15.4. The summed E-state index contributed by atoms with van der Waals surface area (Å²) in [5.41, 5.74) is 0.687. The molecule has 1 aliphatic carbocycles. The van der Waals surface area contributed by atoms with E-state index in [0.717, 1.165) is 17.7 Å². The SMILES string of the molecule is COc1cc(Cl)c(C)cc1NC(=O)C1CC1C(=O)Nc1c(F)cccc1F. The molecule has 27 heavy (non-hydrogen) atoms. The molecule has 0 heterocycles. The second kappa shape index (κ2) is 7.52. The molecule has 1 saturated carbocycles. The van der Waals surface area contributed by atoms with Gasteiger partial charge in [-0.3, -0.25) is 9.59 Å². The number of aryl methyl sites for hydroxylation is 1. The number of ether oxygens (including phenoxy) is 1. The summed E-state index contributed by atoms with van der Waals surface area (Å²) in [6.07, 6.45) is 0.294. The van der Waals surface area contributed by atoms with Crippen molar-refractivity contribution >= 4 is 34.8 Å². The van der Waals surface area contributed by atoms with Gasteiger partial charge in [-0.25, -0.2) is 8.78 Å². The number of rotatable bonds is 5. The number of anilines is 2. The predicted octanol–water partition coefficient (Wildman–Crippen LogP) is 4.15. The van der Waals surface area contributed by atoms with Crippen LogP contribution in [0.25, 0.3) is 0 Å². The monoisotopic (exact) mass is 394 g/mol. The number of carbonyl (C=O) groups excluding carboxylic acids is 2. The molecule has 0 bridgehead atoms. The van der Waals surface area contributed by atoms with Crippen LogP contribution in [0.15, 0.2) is 30.3 Å². The molecule has 0 saturated heterocycles. The van der Waals surface area contributed by atoms with Crippen molar-refractivity contribution in [3.8, 4) is 5.75 Å². The lowest BCUT2D eigenvalue weighted by Gasteiger charge is -2.12. The van der Waals surface area contributed by atoms with E-state index in [4.69, 9.17) is 16.3 Å². The second-order valence-electron chi connectivity index (χ2n) is 6.33. The summed E-state index contributed by atoms with van der Waals surface area (Å²) in [7, 11) is 1.45. The first kappa shape index (κ1) is 19.1. The summed E-state index contributed by atoms with van der Waals surface area (Å²) >= 11 is 6.04. The molecule has 3 rings (SSSR count). The highest BCUT2D eigenvalue weighted by Crippen LogP contribution is 2.41. The van der Waals surface area contributed by atoms with Crippen LogP contribution in [0, 0.1) is 30.4 Å². The van der Waals surface area contributed by atoms with E-state index in [1.54, 1.807) is 19.1 Å². The summed E-state index contributed by atoms with van der Waals surface area (Å²) in [6.45, 7) is 1.79. The van der Waals surface area contributed by atoms with Crippen molar-refractivity contribution in [1.82, 2.24) is 0 Å². The molecule has 0 aromatic heterocycles. The van der Waals surface area contributed by atoms with Crippen molar-refractivity contribution in [3.63, 3.8) is 0 Å². The third-order valence-corrected chi connectivity index (χ3v) is 4.82. The molecular weight excluding hydrogens is 378 g/mol. The zero-order valence-electron chi connectivity index (χ0n) is 14.6. The maximum Gasteiger partial charge on any atom is 0.228 e. The number of halogens is 3. The summed E-state index contributed by atoms with van der Waals surface area (Å²) < 4.78 is 32.5. The van der Waals surface area contributed by atoms with Crippen molar-refractivity contribution in [2.45, 2.75) is 13.3 Å². The van der Waals surface area contributed by atoms with Crippen molar-refractivity contribution in [2.75, 3.05) is 17.7 Å². The highest BCUT2D eigenvalue weighted by atomic mass is 35.5. The van der Waals surface area contributed by atoms with Crippen LogP contribution in [0.4, 0.5) is 20.2 Å². The maximum absolute atomic E-state index is 13.6. The second-order valence-corrected chi connectivity index (χ2v) is 6.73. The fraction of sp³-hybridized carbons (Fsp3) is 0.263. The van der Waals surface area contributed by atoms with Gasteiger partial charge < -0.3 is 15.4 Å². The average molecular weight is 395 g/mol. The zero-order chi connectivity index (χ0) is 19.7. The summed E-state index contributed by atoms with van der Waals surface area (Å²) in [4.78, 5) is 24.6. The van der Waals surface area contributed by atoms with Crippen molar-refractivity contribution in [1.29, 1.82) is 0 Å². The molecule has 1 fully saturated rings. The topological polar surface area (TPSA) is 67.4 Å². The molecule has 0 aliphatic heterocycles. The van der Waals surface area contributed by atoms with Gasteiger partial charge in [-0.2, -0.15) is 0 Å². The van der Waals surface area contributed by atoms with Crippen LogP contribution < -0.4 is 15.4 Å². The number of benzene rings is 2. The molecule has 1 aliphatic rings. The van der Waals surface area contributed by atoms with Crippen molar-refractivity contribution in [3.05, 3.63) is 52.6 Å². The van der Waals surface area contributed by atoms with E-state index in [1.165, 1.54) is 13.2 Å². The Kier molecular flexibility index (Phi) is 5.32. The average Bonchev–Trinajstić information content (AvgIpc) is 3.42. The van der Waals surface area contributed by atoms with E-state index < -0.39 is 35.1 Å². The smallest absolute Gasteiger partial charge is 0.228 e. The molecule has 2 atom stereocenters. The Morgan fingerprint density at radius 2 is 1.70 bits per heavy atom. The molecule has 2 amide bonds. The minimum Gasteiger partial charge on any atom is -0.495 e. The molecule has 2 N–H and O–H groups in total. The quantitative estimate of drug-likeness (QED) is 0.800. The van der Waals surface area contributed by atoms with E-state index in [0.29, 0.717) is 22.9 Å². The number of amides is 2. The fourth-order valence-electron chi connectivity index (χ4n) is 2.76. The van der Waals surface area contributed by atoms with Crippen LogP contribution in [-0.4, -0.2) is 18.9 Å². The van der Waals surface area contributed by atoms with Crippen LogP contribution in [0.5, 0.6) is 5.75 Å². The van der Waals surface area contributed by atoms with E-state index >= 15 is 0 Å². The molecule has 2 aromatic rings.